The third-order valence-corrected chi connectivity index (χ3v) is 3.02. The maximum atomic E-state index is 2.37. The van der Waals surface area contributed by atoms with Crippen molar-refractivity contribution in [3.05, 3.63) is 34.4 Å². The van der Waals surface area contributed by atoms with Crippen molar-refractivity contribution in [2.24, 2.45) is 0 Å². The first-order valence-corrected chi connectivity index (χ1v) is 5.54. The highest BCUT2D eigenvalue weighted by molar-refractivity contribution is 5.40. The molecule has 0 aliphatic rings. The van der Waals surface area contributed by atoms with Crippen molar-refractivity contribution in [3.8, 4) is 0 Å². The maximum absolute atomic E-state index is 2.37. The summed E-state index contributed by atoms with van der Waals surface area (Å²) in [6, 6.07) is 4.70. The van der Waals surface area contributed by atoms with Crippen LogP contribution in [0.1, 0.15) is 61.8 Å². The van der Waals surface area contributed by atoms with E-state index in [2.05, 4.69) is 53.7 Å². The van der Waals surface area contributed by atoms with Crippen LogP contribution in [0.15, 0.2) is 12.1 Å². The van der Waals surface area contributed by atoms with Gasteiger partial charge in [-0.25, -0.2) is 0 Å². The average Bonchev–Trinajstić information content (AvgIpc) is 2.08. The number of aryl methyl sites for hydroxylation is 1. The molecule has 0 aromatic heterocycles. The van der Waals surface area contributed by atoms with E-state index in [0.717, 1.165) is 0 Å². The summed E-state index contributed by atoms with van der Waals surface area (Å²) in [6.45, 7) is 13.5. The number of hydrogen-bond acceptors (Lipinski definition) is 0. The van der Waals surface area contributed by atoms with E-state index in [9.17, 15) is 0 Å². The predicted molar refractivity (Wildman–Crippen MR) is 64.1 cm³/mol. The molecule has 0 bridgehead atoms. The van der Waals surface area contributed by atoms with Crippen LogP contribution in [-0.2, 0) is 0 Å². The van der Waals surface area contributed by atoms with Crippen LogP contribution in [0.25, 0.3) is 0 Å². The molecule has 0 N–H and O–H groups in total. The van der Waals surface area contributed by atoms with Crippen LogP contribution in [0, 0.1) is 13.8 Å². The molecule has 0 atom stereocenters. The minimum atomic E-state index is 0.631. The summed E-state index contributed by atoms with van der Waals surface area (Å²) < 4.78 is 0. The maximum Gasteiger partial charge on any atom is -0.0216 e. The van der Waals surface area contributed by atoms with E-state index in [1.165, 1.54) is 22.3 Å². The summed E-state index contributed by atoms with van der Waals surface area (Å²) in [5.74, 6) is 1.26. The molecule has 0 heterocycles. The number of rotatable bonds is 2. The lowest BCUT2D eigenvalue weighted by Crippen LogP contribution is -1.99. The second-order valence-corrected chi connectivity index (χ2v) is 4.86. The monoisotopic (exact) mass is 190 g/mol. The first kappa shape index (κ1) is 11.3. The van der Waals surface area contributed by atoms with E-state index in [1.54, 1.807) is 0 Å². The van der Waals surface area contributed by atoms with Gasteiger partial charge in [0.25, 0.3) is 0 Å². The van der Waals surface area contributed by atoms with Gasteiger partial charge in [-0.1, -0.05) is 39.8 Å². The molecule has 0 aliphatic heterocycles. The van der Waals surface area contributed by atoms with Crippen LogP contribution in [0.2, 0.25) is 0 Å². The lowest BCUT2D eigenvalue weighted by atomic mass is 9.89. The van der Waals surface area contributed by atoms with E-state index >= 15 is 0 Å². The van der Waals surface area contributed by atoms with Crippen LogP contribution in [-0.4, -0.2) is 0 Å². The van der Waals surface area contributed by atoms with Crippen LogP contribution in [0.4, 0.5) is 0 Å². The van der Waals surface area contributed by atoms with Gasteiger partial charge in [0.2, 0.25) is 0 Å². The molecule has 0 nitrogen and oxygen atoms in total. The molecule has 1 aromatic rings. The van der Waals surface area contributed by atoms with Crippen LogP contribution in [0.5, 0.6) is 0 Å². The van der Waals surface area contributed by atoms with Gasteiger partial charge in [-0.3, -0.25) is 0 Å². The SMILES string of the molecule is Cc1cc(C(C)C)cc(C(C)C)c1C. The first-order chi connectivity index (χ1) is 6.43. The summed E-state index contributed by atoms with van der Waals surface area (Å²) in [5.41, 5.74) is 5.87. The standard InChI is InChI=1S/C14H22/c1-9(2)13-7-11(5)12(6)14(8-13)10(3)4/h7-10H,1-6H3. The van der Waals surface area contributed by atoms with Crippen molar-refractivity contribution in [1.29, 1.82) is 0 Å². The molecule has 0 amide bonds. The topological polar surface area (TPSA) is 0 Å². The molecule has 0 saturated heterocycles. The third kappa shape index (κ3) is 2.17. The highest BCUT2D eigenvalue weighted by atomic mass is 14.1. The fraction of sp³-hybridized carbons (Fsp3) is 0.571. The van der Waals surface area contributed by atoms with Crippen LogP contribution in [0.3, 0.4) is 0 Å². The fourth-order valence-corrected chi connectivity index (χ4v) is 1.85. The Morgan fingerprint density at radius 2 is 1.43 bits per heavy atom. The average molecular weight is 190 g/mol. The summed E-state index contributed by atoms with van der Waals surface area (Å²) in [6.07, 6.45) is 0. The smallest absolute Gasteiger partial charge is 0.0216 e. The Kier molecular flexibility index (Phi) is 3.36. The molecule has 78 valence electrons. The third-order valence-electron chi connectivity index (χ3n) is 3.02. The van der Waals surface area contributed by atoms with Gasteiger partial charge >= 0.3 is 0 Å². The Morgan fingerprint density at radius 1 is 0.857 bits per heavy atom. The molecule has 1 aromatic carbocycles. The van der Waals surface area contributed by atoms with Crippen molar-refractivity contribution in [2.75, 3.05) is 0 Å². The number of hydrogen-bond donors (Lipinski definition) is 0. The molecule has 0 spiro atoms. The van der Waals surface area contributed by atoms with E-state index in [-0.39, 0.29) is 0 Å². The zero-order valence-electron chi connectivity index (χ0n) is 10.3. The van der Waals surface area contributed by atoms with Crippen molar-refractivity contribution in [1.82, 2.24) is 0 Å². The molecule has 14 heavy (non-hydrogen) atoms. The molecule has 0 aliphatic carbocycles. The number of benzene rings is 1. The Labute approximate surface area is 88.4 Å². The molecule has 0 radical (unpaired) electrons. The molecule has 0 saturated carbocycles. The van der Waals surface area contributed by atoms with Crippen molar-refractivity contribution < 1.29 is 0 Å². The van der Waals surface area contributed by atoms with E-state index < -0.39 is 0 Å². The fourth-order valence-electron chi connectivity index (χ4n) is 1.85. The lowest BCUT2D eigenvalue weighted by molar-refractivity contribution is 0.823. The summed E-state index contributed by atoms with van der Waals surface area (Å²) in [5, 5.41) is 0. The molecular weight excluding hydrogens is 168 g/mol. The second kappa shape index (κ2) is 4.16. The largest absolute Gasteiger partial charge is 0.0587 e. The minimum Gasteiger partial charge on any atom is -0.0587 e. The Hall–Kier alpha value is -0.780. The Balaban J connectivity index is 3.28. The molecule has 0 fully saturated rings. The predicted octanol–water partition coefficient (Wildman–Crippen LogP) is 4.55. The van der Waals surface area contributed by atoms with Gasteiger partial charge in [-0.05, 0) is 47.9 Å². The minimum absolute atomic E-state index is 0.631. The van der Waals surface area contributed by atoms with Gasteiger partial charge in [0.05, 0.1) is 0 Å². The van der Waals surface area contributed by atoms with Gasteiger partial charge in [0, 0.05) is 0 Å². The van der Waals surface area contributed by atoms with Gasteiger partial charge in [0.1, 0.15) is 0 Å². The van der Waals surface area contributed by atoms with Gasteiger partial charge in [0.15, 0.2) is 0 Å². The van der Waals surface area contributed by atoms with Crippen molar-refractivity contribution in [3.63, 3.8) is 0 Å². The molecular formula is C14H22. The van der Waals surface area contributed by atoms with E-state index in [1.807, 2.05) is 0 Å². The van der Waals surface area contributed by atoms with Crippen molar-refractivity contribution in [2.45, 2.75) is 53.4 Å². The molecule has 1 rings (SSSR count). The summed E-state index contributed by atoms with van der Waals surface area (Å²) in [7, 11) is 0. The normalized spacial score (nSPS) is 11.4. The van der Waals surface area contributed by atoms with Crippen LogP contribution >= 0.6 is 0 Å². The van der Waals surface area contributed by atoms with E-state index in [0.29, 0.717) is 11.8 Å². The molecule has 0 heteroatoms. The van der Waals surface area contributed by atoms with Gasteiger partial charge in [-0.15, -0.1) is 0 Å². The Bertz CT molecular complexity index is 319. The first-order valence-electron chi connectivity index (χ1n) is 5.54. The quantitative estimate of drug-likeness (QED) is 0.641. The van der Waals surface area contributed by atoms with E-state index in [4.69, 9.17) is 0 Å². The lowest BCUT2D eigenvalue weighted by Gasteiger charge is -2.16. The summed E-state index contributed by atoms with van der Waals surface area (Å²) >= 11 is 0. The van der Waals surface area contributed by atoms with Gasteiger partial charge < -0.3 is 0 Å². The molecule has 0 unspecified atom stereocenters. The second-order valence-electron chi connectivity index (χ2n) is 4.86. The Morgan fingerprint density at radius 3 is 1.86 bits per heavy atom. The highest BCUT2D eigenvalue weighted by Crippen LogP contribution is 2.26. The van der Waals surface area contributed by atoms with Crippen LogP contribution < -0.4 is 0 Å². The van der Waals surface area contributed by atoms with Gasteiger partial charge in [-0.2, -0.15) is 0 Å². The zero-order chi connectivity index (χ0) is 10.9. The summed E-state index contributed by atoms with van der Waals surface area (Å²) in [4.78, 5) is 0. The van der Waals surface area contributed by atoms with Crippen molar-refractivity contribution >= 4 is 0 Å². The highest BCUT2D eigenvalue weighted by Gasteiger charge is 2.09. The zero-order valence-corrected chi connectivity index (χ0v) is 10.3.